The van der Waals surface area contributed by atoms with Gasteiger partial charge in [0.2, 0.25) is 5.91 Å². The second-order valence-electron chi connectivity index (χ2n) is 8.08. The third-order valence-corrected chi connectivity index (χ3v) is 4.77. The molecule has 0 spiro atoms. The van der Waals surface area contributed by atoms with E-state index in [1.807, 2.05) is 30.5 Å². The van der Waals surface area contributed by atoms with Crippen LogP contribution in [0, 0.1) is 11.3 Å². The van der Waals surface area contributed by atoms with Crippen molar-refractivity contribution in [1.29, 1.82) is 5.26 Å². The number of likely N-dealkylation sites (tertiary alicyclic amines) is 1. The minimum absolute atomic E-state index is 0.250. The molecule has 2 aromatic rings. The first-order valence-corrected chi connectivity index (χ1v) is 9.53. The molecule has 1 aromatic carbocycles. The summed E-state index contributed by atoms with van der Waals surface area (Å²) < 4.78 is 5.35. The quantitative estimate of drug-likeness (QED) is 0.849. The van der Waals surface area contributed by atoms with Crippen LogP contribution in [0.2, 0.25) is 0 Å². The van der Waals surface area contributed by atoms with Gasteiger partial charge >= 0.3 is 6.09 Å². The van der Waals surface area contributed by atoms with E-state index >= 15 is 0 Å². The van der Waals surface area contributed by atoms with Gasteiger partial charge in [0, 0.05) is 30.1 Å². The number of aromatic nitrogens is 1. The lowest BCUT2D eigenvalue weighted by Crippen LogP contribution is -2.51. The van der Waals surface area contributed by atoms with Gasteiger partial charge in [0.1, 0.15) is 17.7 Å². The fourth-order valence-corrected chi connectivity index (χ4v) is 3.54. The molecular weight excluding hydrogens is 356 g/mol. The van der Waals surface area contributed by atoms with E-state index in [0.717, 1.165) is 22.9 Å². The van der Waals surface area contributed by atoms with Gasteiger partial charge in [-0.15, -0.1) is 0 Å². The number of fused-ring (bicyclic) bond motifs is 1. The molecule has 1 fully saturated rings. The number of ether oxygens (including phenoxy) is 1. The average molecular weight is 382 g/mol. The van der Waals surface area contributed by atoms with E-state index in [9.17, 15) is 14.9 Å². The van der Waals surface area contributed by atoms with Gasteiger partial charge in [-0.2, -0.15) is 5.26 Å². The Kier molecular flexibility index (Phi) is 5.59. The Labute approximate surface area is 164 Å². The van der Waals surface area contributed by atoms with Crippen molar-refractivity contribution in [2.45, 2.75) is 57.7 Å². The Balaban J connectivity index is 1.84. The maximum atomic E-state index is 13.2. The molecule has 148 valence electrons. The summed E-state index contributed by atoms with van der Waals surface area (Å²) in [5.74, 6) is -0.250. The fourth-order valence-electron chi connectivity index (χ4n) is 3.54. The van der Waals surface area contributed by atoms with Gasteiger partial charge in [-0.3, -0.25) is 4.79 Å². The molecule has 0 bridgehead atoms. The standard InChI is InChI=1S/C21H26N4O3/c1-21(2,3)28-20(27)24-18(19(26)25-10-6-7-15(25)12-22)11-14-13-23-17-9-5-4-8-16(14)17/h4-5,8-9,13,15,18,23H,6-7,10-11H2,1-3H3,(H,24,27)/t15-,18-/m0/s1. The van der Waals surface area contributed by atoms with Crippen molar-refractivity contribution < 1.29 is 14.3 Å². The smallest absolute Gasteiger partial charge is 0.408 e. The van der Waals surface area contributed by atoms with Gasteiger partial charge in [0.05, 0.1) is 6.07 Å². The molecule has 1 aliphatic heterocycles. The number of benzene rings is 1. The second-order valence-corrected chi connectivity index (χ2v) is 8.08. The van der Waals surface area contributed by atoms with E-state index in [2.05, 4.69) is 16.4 Å². The molecule has 2 amide bonds. The highest BCUT2D eigenvalue weighted by Crippen LogP contribution is 2.22. The zero-order valence-corrected chi connectivity index (χ0v) is 16.5. The van der Waals surface area contributed by atoms with Crippen LogP contribution in [-0.4, -0.2) is 46.1 Å². The number of carbonyl (C=O) groups is 2. The summed E-state index contributed by atoms with van der Waals surface area (Å²) in [6.45, 7) is 5.84. The number of para-hydroxylation sites is 1. The number of H-pyrrole nitrogens is 1. The van der Waals surface area contributed by atoms with Crippen LogP contribution in [0.1, 0.15) is 39.2 Å². The summed E-state index contributed by atoms with van der Waals surface area (Å²) in [6, 6.07) is 8.74. The van der Waals surface area contributed by atoms with Crippen LogP contribution in [0.15, 0.2) is 30.5 Å². The van der Waals surface area contributed by atoms with Gasteiger partial charge in [-0.25, -0.2) is 4.79 Å². The first kappa shape index (κ1) is 19.7. The normalized spacial score (nSPS) is 17.9. The lowest BCUT2D eigenvalue weighted by atomic mass is 10.0. The lowest BCUT2D eigenvalue weighted by Gasteiger charge is -2.27. The summed E-state index contributed by atoms with van der Waals surface area (Å²) in [4.78, 5) is 30.3. The zero-order valence-electron chi connectivity index (χ0n) is 16.5. The van der Waals surface area contributed by atoms with Crippen molar-refractivity contribution >= 4 is 22.9 Å². The fraction of sp³-hybridized carbons (Fsp3) is 0.476. The van der Waals surface area contributed by atoms with Crippen LogP contribution < -0.4 is 5.32 Å². The Bertz CT molecular complexity index is 906. The molecule has 7 heteroatoms. The number of hydrogen-bond acceptors (Lipinski definition) is 4. The van der Waals surface area contributed by atoms with Gasteiger partial charge in [-0.1, -0.05) is 18.2 Å². The SMILES string of the molecule is CC(C)(C)OC(=O)N[C@@H](Cc1c[nH]c2ccccc12)C(=O)N1CCC[C@H]1C#N. The summed E-state index contributed by atoms with van der Waals surface area (Å²) in [7, 11) is 0. The molecule has 3 rings (SSSR count). The van der Waals surface area contributed by atoms with E-state index in [1.54, 1.807) is 25.7 Å². The molecule has 1 saturated heterocycles. The molecule has 2 heterocycles. The summed E-state index contributed by atoms with van der Waals surface area (Å²) in [6.07, 6.45) is 2.98. The Morgan fingerprint density at radius 1 is 1.39 bits per heavy atom. The topological polar surface area (TPSA) is 98.2 Å². The van der Waals surface area contributed by atoms with Crippen LogP contribution >= 0.6 is 0 Å². The van der Waals surface area contributed by atoms with Gasteiger partial charge in [-0.05, 0) is 45.2 Å². The number of alkyl carbamates (subject to hydrolysis) is 1. The van der Waals surface area contributed by atoms with Crippen LogP contribution in [0.3, 0.4) is 0 Å². The molecule has 2 atom stereocenters. The number of carbonyl (C=O) groups excluding carboxylic acids is 2. The van der Waals surface area contributed by atoms with Crippen molar-refractivity contribution in [1.82, 2.24) is 15.2 Å². The highest BCUT2D eigenvalue weighted by molar-refractivity contribution is 5.89. The third-order valence-electron chi connectivity index (χ3n) is 4.77. The van der Waals surface area contributed by atoms with Crippen molar-refractivity contribution in [2.75, 3.05) is 6.54 Å². The third kappa shape index (κ3) is 4.45. The molecule has 1 aliphatic rings. The molecule has 0 saturated carbocycles. The Morgan fingerprint density at radius 3 is 2.86 bits per heavy atom. The summed E-state index contributed by atoms with van der Waals surface area (Å²) >= 11 is 0. The number of nitrogens with one attached hydrogen (secondary N) is 2. The monoisotopic (exact) mass is 382 g/mol. The van der Waals surface area contributed by atoms with Crippen LogP contribution in [0.25, 0.3) is 10.9 Å². The zero-order chi connectivity index (χ0) is 20.3. The van der Waals surface area contributed by atoms with Crippen LogP contribution in [0.4, 0.5) is 4.79 Å². The molecule has 0 aliphatic carbocycles. The molecule has 2 N–H and O–H groups in total. The van der Waals surface area contributed by atoms with Crippen molar-refractivity contribution in [3.8, 4) is 6.07 Å². The second kappa shape index (κ2) is 7.93. The number of nitrogens with zero attached hydrogens (tertiary/aromatic N) is 2. The number of hydrogen-bond donors (Lipinski definition) is 2. The Morgan fingerprint density at radius 2 is 2.14 bits per heavy atom. The molecular formula is C21H26N4O3. The van der Waals surface area contributed by atoms with E-state index in [1.165, 1.54) is 0 Å². The highest BCUT2D eigenvalue weighted by Gasteiger charge is 2.35. The van der Waals surface area contributed by atoms with E-state index in [4.69, 9.17) is 4.74 Å². The molecule has 0 radical (unpaired) electrons. The predicted octanol–water partition coefficient (Wildman–Crippen LogP) is 3.12. The average Bonchev–Trinajstić information content (AvgIpc) is 3.26. The van der Waals surface area contributed by atoms with Gasteiger partial charge < -0.3 is 19.9 Å². The van der Waals surface area contributed by atoms with Crippen LogP contribution in [-0.2, 0) is 16.0 Å². The van der Waals surface area contributed by atoms with Crippen molar-refractivity contribution in [3.63, 3.8) is 0 Å². The number of amides is 2. The highest BCUT2D eigenvalue weighted by atomic mass is 16.6. The maximum Gasteiger partial charge on any atom is 0.408 e. The van der Waals surface area contributed by atoms with Crippen molar-refractivity contribution in [2.24, 2.45) is 0 Å². The molecule has 1 aromatic heterocycles. The lowest BCUT2D eigenvalue weighted by molar-refractivity contribution is -0.133. The number of rotatable bonds is 4. The van der Waals surface area contributed by atoms with Crippen LogP contribution in [0.5, 0.6) is 0 Å². The number of aromatic amines is 1. The van der Waals surface area contributed by atoms with E-state index < -0.39 is 23.8 Å². The predicted molar refractivity (Wildman–Crippen MR) is 106 cm³/mol. The first-order valence-electron chi connectivity index (χ1n) is 9.53. The largest absolute Gasteiger partial charge is 0.444 e. The molecule has 7 nitrogen and oxygen atoms in total. The maximum absolute atomic E-state index is 13.2. The first-order chi connectivity index (χ1) is 13.3. The Hall–Kier alpha value is -3.01. The minimum Gasteiger partial charge on any atom is -0.444 e. The van der Waals surface area contributed by atoms with Gasteiger partial charge in [0.25, 0.3) is 0 Å². The van der Waals surface area contributed by atoms with E-state index in [-0.39, 0.29) is 5.91 Å². The number of nitriles is 1. The molecule has 0 unspecified atom stereocenters. The van der Waals surface area contributed by atoms with Gasteiger partial charge in [0.15, 0.2) is 0 Å². The summed E-state index contributed by atoms with van der Waals surface area (Å²) in [5.41, 5.74) is 1.23. The van der Waals surface area contributed by atoms with E-state index in [0.29, 0.717) is 19.4 Å². The minimum atomic E-state index is -0.803. The summed E-state index contributed by atoms with van der Waals surface area (Å²) in [5, 5.41) is 13.1. The molecule has 28 heavy (non-hydrogen) atoms. The van der Waals surface area contributed by atoms with Crippen molar-refractivity contribution in [3.05, 3.63) is 36.0 Å².